The van der Waals surface area contributed by atoms with Gasteiger partial charge in [0, 0.05) is 6.42 Å². The molecule has 0 aromatic rings. The predicted molar refractivity (Wildman–Crippen MR) is 290 cm³/mol. The maximum atomic E-state index is 12.5. The maximum Gasteiger partial charge on any atom is 0.220 e. The second-order valence-electron chi connectivity index (χ2n) is 20.4. The number of allylic oxidation sites excluding steroid dienone is 5. The Labute approximate surface area is 408 Å². The summed E-state index contributed by atoms with van der Waals surface area (Å²) < 4.78 is 0. The molecule has 0 aromatic heterocycles. The minimum atomic E-state index is -0.838. The van der Waals surface area contributed by atoms with Crippen molar-refractivity contribution in [1.29, 1.82) is 0 Å². The summed E-state index contributed by atoms with van der Waals surface area (Å²) in [6, 6.07) is -0.621. The number of carbonyl (C=O) groups is 1. The van der Waals surface area contributed by atoms with Gasteiger partial charge in [0.2, 0.25) is 5.91 Å². The zero-order valence-corrected chi connectivity index (χ0v) is 44.3. The van der Waals surface area contributed by atoms with E-state index in [1.807, 2.05) is 6.08 Å². The highest BCUT2D eigenvalue weighted by atomic mass is 16.3. The minimum absolute atomic E-state index is 0.0591. The zero-order valence-electron chi connectivity index (χ0n) is 44.3. The van der Waals surface area contributed by atoms with Gasteiger partial charge in [0.15, 0.2) is 0 Å². The van der Waals surface area contributed by atoms with Gasteiger partial charge in [0.05, 0.1) is 18.8 Å². The molecule has 0 saturated heterocycles. The van der Waals surface area contributed by atoms with E-state index in [0.29, 0.717) is 6.42 Å². The third kappa shape index (κ3) is 53.4. The lowest BCUT2D eigenvalue weighted by Gasteiger charge is -2.20. The Morgan fingerprint density at radius 2 is 0.631 bits per heavy atom. The van der Waals surface area contributed by atoms with Crippen LogP contribution in [0.3, 0.4) is 0 Å². The third-order valence-electron chi connectivity index (χ3n) is 13.9. The first-order valence-corrected chi connectivity index (χ1v) is 29.7. The van der Waals surface area contributed by atoms with Crippen LogP contribution in [0.1, 0.15) is 328 Å². The highest BCUT2D eigenvalue weighted by molar-refractivity contribution is 5.76. The first-order chi connectivity index (χ1) is 32.2. The van der Waals surface area contributed by atoms with Crippen LogP contribution in [0.25, 0.3) is 0 Å². The summed E-state index contributed by atoms with van der Waals surface area (Å²) in [5.74, 6) is -0.0591. The number of aliphatic hydroxyl groups excluding tert-OH is 2. The molecule has 4 heteroatoms. The minimum Gasteiger partial charge on any atom is -0.394 e. The topological polar surface area (TPSA) is 69.6 Å². The fourth-order valence-corrected chi connectivity index (χ4v) is 9.33. The molecule has 0 aromatic carbocycles. The van der Waals surface area contributed by atoms with Gasteiger partial charge in [0.25, 0.3) is 0 Å². The molecule has 0 aliphatic carbocycles. The fraction of sp³-hybridized carbons (Fsp3) is 0.885. The van der Waals surface area contributed by atoms with E-state index in [2.05, 4.69) is 43.5 Å². The van der Waals surface area contributed by atoms with Crippen LogP contribution < -0.4 is 5.32 Å². The Morgan fingerprint density at radius 3 is 0.923 bits per heavy atom. The van der Waals surface area contributed by atoms with Gasteiger partial charge in [0.1, 0.15) is 0 Å². The molecule has 3 N–H and O–H groups in total. The molecule has 0 radical (unpaired) electrons. The van der Waals surface area contributed by atoms with Gasteiger partial charge >= 0.3 is 0 Å². The number of amides is 1. The highest BCUT2D eigenvalue weighted by Crippen LogP contribution is 2.17. The summed E-state index contributed by atoms with van der Waals surface area (Å²) in [6.07, 6.45) is 77.5. The average Bonchev–Trinajstić information content (AvgIpc) is 3.31. The summed E-state index contributed by atoms with van der Waals surface area (Å²) >= 11 is 0. The van der Waals surface area contributed by atoms with Gasteiger partial charge in [-0.1, -0.05) is 307 Å². The van der Waals surface area contributed by atoms with Gasteiger partial charge in [-0.2, -0.15) is 0 Å². The molecule has 0 heterocycles. The summed E-state index contributed by atoms with van der Waals surface area (Å²) in [7, 11) is 0. The lowest BCUT2D eigenvalue weighted by atomic mass is 10.0. The van der Waals surface area contributed by atoms with Gasteiger partial charge in [-0.3, -0.25) is 4.79 Å². The number of carbonyl (C=O) groups excluding carboxylic acids is 1. The Kier molecular flexibility index (Phi) is 55.7. The molecule has 2 unspecified atom stereocenters. The monoisotopic (exact) mass is 912 g/mol. The number of nitrogens with one attached hydrogen (secondary N) is 1. The Bertz CT molecular complexity index is 989. The van der Waals surface area contributed by atoms with E-state index in [1.54, 1.807) is 6.08 Å². The smallest absolute Gasteiger partial charge is 0.220 e. The molecule has 0 fully saturated rings. The van der Waals surface area contributed by atoms with Gasteiger partial charge in [-0.25, -0.2) is 0 Å². The molecule has 384 valence electrons. The van der Waals surface area contributed by atoms with Crippen molar-refractivity contribution in [3.63, 3.8) is 0 Å². The lowest BCUT2D eigenvalue weighted by Crippen LogP contribution is -2.45. The van der Waals surface area contributed by atoms with Crippen molar-refractivity contribution >= 4 is 5.91 Å². The molecule has 0 aliphatic rings. The average molecular weight is 913 g/mol. The van der Waals surface area contributed by atoms with Crippen LogP contribution in [0.2, 0.25) is 0 Å². The number of rotatable bonds is 55. The second-order valence-corrected chi connectivity index (χ2v) is 20.4. The van der Waals surface area contributed by atoms with E-state index < -0.39 is 12.1 Å². The van der Waals surface area contributed by atoms with Crippen LogP contribution in [0.5, 0.6) is 0 Å². The molecule has 1 amide bonds. The summed E-state index contributed by atoms with van der Waals surface area (Å²) in [4.78, 5) is 12.5. The van der Waals surface area contributed by atoms with Gasteiger partial charge < -0.3 is 15.5 Å². The summed E-state index contributed by atoms with van der Waals surface area (Å²) in [5, 5.41) is 23.2. The van der Waals surface area contributed by atoms with Crippen molar-refractivity contribution < 1.29 is 15.0 Å². The van der Waals surface area contributed by atoms with E-state index >= 15 is 0 Å². The van der Waals surface area contributed by atoms with Crippen LogP contribution in [-0.2, 0) is 4.79 Å². The van der Waals surface area contributed by atoms with Crippen LogP contribution in [0.4, 0.5) is 0 Å². The van der Waals surface area contributed by atoms with Crippen LogP contribution in [0, 0.1) is 0 Å². The quantitative estimate of drug-likeness (QED) is 0.0421. The molecule has 0 saturated carbocycles. The molecular formula is C61H117NO3. The Morgan fingerprint density at radius 1 is 0.369 bits per heavy atom. The summed E-state index contributed by atoms with van der Waals surface area (Å²) in [6.45, 7) is 4.34. The van der Waals surface area contributed by atoms with Crippen molar-refractivity contribution in [2.75, 3.05) is 6.61 Å². The number of hydrogen-bond donors (Lipinski definition) is 3. The van der Waals surface area contributed by atoms with Crippen LogP contribution >= 0.6 is 0 Å². The zero-order chi connectivity index (χ0) is 47.0. The van der Waals surface area contributed by atoms with E-state index in [-0.39, 0.29) is 12.5 Å². The maximum absolute atomic E-state index is 12.5. The number of aliphatic hydroxyl groups is 2. The normalized spacial score (nSPS) is 13.0. The lowest BCUT2D eigenvalue weighted by molar-refractivity contribution is -0.123. The molecule has 0 bridgehead atoms. The van der Waals surface area contributed by atoms with Crippen molar-refractivity contribution in [3.05, 3.63) is 36.5 Å². The third-order valence-corrected chi connectivity index (χ3v) is 13.9. The largest absolute Gasteiger partial charge is 0.394 e. The van der Waals surface area contributed by atoms with Crippen LogP contribution in [0.15, 0.2) is 36.5 Å². The van der Waals surface area contributed by atoms with Gasteiger partial charge in [-0.15, -0.1) is 0 Å². The van der Waals surface area contributed by atoms with E-state index in [1.165, 1.54) is 276 Å². The van der Waals surface area contributed by atoms with Crippen molar-refractivity contribution in [1.82, 2.24) is 5.32 Å². The molecule has 65 heavy (non-hydrogen) atoms. The fourth-order valence-electron chi connectivity index (χ4n) is 9.33. The SMILES string of the molecule is CCCCCCCCCCCCC/C=C\C/C=C\CCCCCCCCCCCCCCCCCCCC(=O)NC(CO)C(O)/C=C/CCCCCCCCCCCCCCCCCC. The van der Waals surface area contributed by atoms with E-state index in [9.17, 15) is 15.0 Å². The highest BCUT2D eigenvalue weighted by Gasteiger charge is 2.18. The molecule has 0 rings (SSSR count). The number of hydrogen-bond acceptors (Lipinski definition) is 3. The summed E-state index contributed by atoms with van der Waals surface area (Å²) in [5.41, 5.74) is 0. The Hall–Kier alpha value is -1.39. The molecular weight excluding hydrogens is 795 g/mol. The predicted octanol–water partition coefficient (Wildman–Crippen LogP) is 19.6. The van der Waals surface area contributed by atoms with E-state index in [0.717, 1.165) is 32.1 Å². The molecule has 2 atom stereocenters. The molecule has 0 spiro atoms. The van der Waals surface area contributed by atoms with Crippen molar-refractivity contribution in [2.45, 2.75) is 341 Å². The first kappa shape index (κ1) is 63.6. The molecule has 4 nitrogen and oxygen atoms in total. The molecule has 0 aliphatic heterocycles. The van der Waals surface area contributed by atoms with Crippen molar-refractivity contribution in [2.24, 2.45) is 0 Å². The number of unbranched alkanes of at least 4 members (excludes halogenated alkanes) is 44. The Balaban J connectivity index is 3.44. The van der Waals surface area contributed by atoms with E-state index in [4.69, 9.17) is 0 Å². The standard InChI is InChI=1S/C61H117NO3/c1-3-5-7-9-11-13-15-17-19-21-23-24-25-26-27-28-29-30-31-32-33-34-35-36-37-38-39-41-43-45-47-49-51-53-55-57-61(65)62-59(58-63)60(64)56-54-52-50-48-46-44-42-40-22-20-18-16-14-12-10-8-6-4-2/h25-26,28-29,54,56,59-60,63-64H,3-24,27,30-53,55,57-58H2,1-2H3,(H,62,65)/b26-25-,29-28-,56-54+. The van der Waals surface area contributed by atoms with Gasteiger partial charge in [-0.05, 0) is 51.4 Å². The first-order valence-electron chi connectivity index (χ1n) is 29.7. The van der Waals surface area contributed by atoms with Crippen LogP contribution in [-0.4, -0.2) is 34.9 Å². The van der Waals surface area contributed by atoms with Crippen molar-refractivity contribution in [3.8, 4) is 0 Å². The second kappa shape index (κ2) is 56.9.